The Labute approximate surface area is 146 Å². The maximum atomic E-state index is 12.6. The molecular weight excluding hydrogens is 342 g/mol. The zero-order valence-corrected chi connectivity index (χ0v) is 14.6. The Bertz CT molecular complexity index is 830. The second-order valence-electron chi connectivity index (χ2n) is 5.60. The van der Waals surface area contributed by atoms with E-state index in [0.717, 1.165) is 0 Å². The summed E-state index contributed by atoms with van der Waals surface area (Å²) in [5.41, 5.74) is 0.458. The molecule has 0 N–H and O–H groups in total. The maximum Gasteiger partial charge on any atom is 0.255 e. The number of methoxy groups -OCH3 is 1. The first-order chi connectivity index (χ1) is 12.0. The van der Waals surface area contributed by atoms with Gasteiger partial charge in [-0.1, -0.05) is 18.2 Å². The minimum atomic E-state index is -3.52. The molecule has 132 valence electrons. The number of carbonyl (C=O) groups excluding carboxylic acids is 1. The number of piperazine rings is 1. The highest BCUT2D eigenvalue weighted by Gasteiger charge is 2.30. The number of carbonyl (C=O) groups is 1. The fourth-order valence-electron chi connectivity index (χ4n) is 2.68. The minimum Gasteiger partial charge on any atom is -0.481 e. The molecule has 3 rings (SSSR count). The molecule has 8 heteroatoms. The molecule has 2 aromatic rings. The van der Waals surface area contributed by atoms with Crippen LogP contribution < -0.4 is 4.74 Å². The van der Waals surface area contributed by atoms with Gasteiger partial charge in [0.25, 0.3) is 5.91 Å². The number of pyridine rings is 1. The van der Waals surface area contributed by atoms with Gasteiger partial charge in [-0.25, -0.2) is 13.4 Å². The average molecular weight is 361 g/mol. The third kappa shape index (κ3) is 3.64. The van der Waals surface area contributed by atoms with Crippen LogP contribution in [0.25, 0.3) is 0 Å². The molecule has 1 aromatic heterocycles. The number of sulfonamides is 1. The highest BCUT2D eigenvalue weighted by atomic mass is 32.2. The largest absolute Gasteiger partial charge is 0.481 e. The predicted molar refractivity (Wildman–Crippen MR) is 91.9 cm³/mol. The number of amides is 1. The number of rotatable bonds is 4. The van der Waals surface area contributed by atoms with E-state index in [2.05, 4.69) is 4.98 Å². The lowest BCUT2D eigenvalue weighted by molar-refractivity contribution is 0.0697. The Balaban J connectivity index is 1.66. The molecule has 0 bridgehead atoms. The predicted octanol–water partition coefficient (Wildman–Crippen LogP) is 1.24. The van der Waals surface area contributed by atoms with Crippen LogP contribution in [0.2, 0.25) is 0 Å². The van der Waals surface area contributed by atoms with Crippen LogP contribution in [-0.4, -0.2) is 61.8 Å². The quantitative estimate of drug-likeness (QED) is 0.818. The van der Waals surface area contributed by atoms with Gasteiger partial charge in [0.15, 0.2) is 0 Å². The number of hydrogen-bond acceptors (Lipinski definition) is 5. The smallest absolute Gasteiger partial charge is 0.255 e. The molecule has 0 radical (unpaired) electrons. The number of ether oxygens (including phenoxy) is 1. The van der Waals surface area contributed by atoms with Gasteiger partial charge in [0, 0.05) is 38.4 Å². The Hall–Kier alpha value is -2.45. The summed E-state index contributed by atoms with van der Waals surface area (Å²) < 4.78 is 31.6. The van der Waals surface area contributed by atoms with Crippen molar-refractivity contribution in [3.8, 4) is 5.88 Å². The van der Waals surface area contributed by atoms with Gasteiger partial charge in [0.1, 0.15) is 0 Å². The molecule has 1 amide bonds. The normalized spacial score (nSPS) is 15.8. The van der Waals surface area contributed by atoms with Crippen molar-refractivity contribution in [1.29, 1.82) is 0 Å². The van der Waals surface area contributed by atoms with E-state index in [1.165, 1.54) is 17.6 Å². The molecule has 0 saturated carbocycles. The first-order valence-corrected chi connectivity index (χ1v) is 9.31. The molecule has 2 heterocycles. The Kier molecular flexibility index (Phi) is 5.00. The summed E-state index contributed by atoms with van der Waals surface area (Å²) >= 11 is 0. The fourth-order valence-corrected chi connectivity index (χ4v) is 4.13. The van der Waals surface area contributed by atoms with E-state index < -0.39 is 10.0 Å². The fraction of sp³-hybridized carbons (Fsp3) is 0.294. The molecule has 0 aliphatic carbocycles. The van der Waals surface area contributed by atoms with Crippen molar-refractivity contribution >= 4 is 15.9 Å². The van der Waals surface area contributed by atoms with Crippen LogP contribution >= 0.6 is 0 Å². The minimum absolute atomic E-state index is 0.160. The molecule has 0 atom stereocenters. The second kappa shape index (κ2) is 7.20. The standard InChI is InChI=1S/C17H19N3O4S/c1-24-16-8-7-14(13-18-16)17(21)19-9-11-20(12-10-19)25(22,23)15-5-3-2-4-6-15/h2-8,13H,9-12H2,1H3. The Morgan fingerprint density at radius 3 is 2.28 bits per heavy atom. The van der Waals surface area contributed by atoms with Gasteiger partial charge in [-0.15, -0.1) is 0 Å². The monoisotopic (exact) mass is 361 g/mol. The number of aromatic nitrogens is 1. The van der Waals surface area contributed by atoms with Gasteiger partial charge < -0.3 is 9.64 Å². The lowest BCUT2D eigenvalue weighted by Gasteiger charge is -2.34. The van der Waals surface area contributed by atoms with Crippen LogP contribution in [-0.2, 0) is 10.0 Å². The van der Waals surface area contributed by atoms with Gasteiger partial charge >= 0.3 is 0 Å². The van der Waals surface area contributed by atoms with Gasteiger partial charge in [0.2, 0.25) is 15.9 Å². The molecule has 1 aromatic carbocycles. The molecule has 1 saturated heterocycles. The summed E-state index contributed by atoms with van der Waals surface area (Å²) in [6, 6.07) is 11.6. The van der Waals surface area contributed by atoms with Crippen molar-refractivity contribution in [2.75, 3.05) is 33.3 Å². The van der Waals surface area contributed by atoms with E-state index in [9.17, 15) is 13.2 Å². The maximum absolute atomic E-state index is 12.6. The number of nitrogens with zero attached hydrogens (tertiary/aromatic N) is 3. The number of benzene rings is 1. The lowest BCUT2D eigenvalue weighted by atomic mass is 10.2. The summed E-state index contributed by atoms with van der Waals surface area (Å²) in [7, 11) is -2.01. The van der Waals surface area contributed by atoms with Gasteiger partial charge in [-0.05, 0) is 18.2 Å². The topological polar surface area (TPSA) is 79.8 Å². The van der Waals surface area contributed by atoms with Crippen molar-refractivity contribution in [2.45, 2.75) is 4.90 Å². The van der Waals surface area contributed by atoms with Crippen molar-refractivity contribution in [3.05, 3.63) is 54.2 Å². The van der Waals surface area contributed by atoms with E-state index in [1.54, 1.807) is 47.4 Å². The molecule has 0 spiro atoms. The van der Waals surface area contributed by atoms with E-state index >= 15 is 0 Å². The highest BCUT2D eigenvalue weighted by molar-refractivity contribution is 7.89. The van der Waals surface area contributed by atoms with Crippen molar-refractivity contribution in [1.82, 2.24) is 14.2 Å². The molecule has 7 nitrogen and oxygen atoms in total. The molecular formula is C17H19N3O4S. The average Bonchev–Trinajstić information content (AvgIpc) is 2.68. The molecule has 1 fully saturated rings. The van der Waals surface area contributed by atoms with E-state index in [-0.39, 0.29) is 23.9 Å². The summed E-state index contributed by atoms with van der Waals surface area (Å²) in [4.78, 5) is 18.4. The summed E-state index contributed by atoms with van der Waals surface area (Å²) in [5.74, 6) is 0.280. The Morgan fingerprint density at radius 2 is 1.72 bits per heavy atom. The Morgan fingerprint density at radius 1 is 1.04 bits per heavy atom. The number of hydrogen-bond donors (Lipinski definition) is 0. The second-order valence-corrected chi connectivity index (χ2v) is 7.54. The van der Waals surface area contributed by atoms with E-state index in [4.69, 9.17) is 4.74 Å². The van der Waals surface area contributed by atoms with Crippen molar-refractivity contribution < 1.29 is 17.9 Å². The first kappa shape index (κ1) is 17.4. The van der Waals surface area contributed by atoms with Crippen LogP contribution in [0.3, 0.4) is 0 Å². The zero-order valence-electron chi connectivity index (χ0n) is 13.8. The third-order valence-corrected chi connectivity index (χ3v) is 6.01. The van der Waals surface area contributed by atoms with Crippen molar-refractivity contribution in [3.63, 3.8) is 0 Å². The SMILES string of the molecule is COc1ccc(C(=O)N2CCN(S(=O)(=O)c3ccccc3)CC2)cn1. The van der Waals surface area contributed by atoms with Gasteiger partial charge in [0.05, 0.1) is 17.6 Å². The van der Waals surface area contributed by atoms with Crippen LogP contribution in [0.4, 0.5) is 0 Å². The lowest BCUT2D eigenvalue weighted by Crippen LogP contribution is -2.50. The van der Waals surface area contributed by atoms with Gasteiger partial charge in [-0.3, -0.25) is 4.79 Å². The summed E-state index contributed by atoms with van der Waals surface area (Å²) in [6.07, 6.45) is 1.47. The van der Waals surface area contributed by atoms with Crippen LogP contribution in [0.5, 0.6) is 5.88 Å². The molecule has 1 aliphatic heterocycles. The molecule has 0 unspecified atom stereocenters. The van der Waals surface area contributed by atoms with E-state index in [0.29, 0.717) is 24.5 Å². The van der Waals surface area contributed by atoms with Gasteiger partial charge in [-0.2, -0.15) is 4.31 Å². The summed E-state index contributed by atoms with van der Waals surface area (Å²) in [5, 5.41) is 0. The van der Waals surface area contributed by atoms with Crippen molar-refractivity contribution in [2.24, 2.45) is 0 Å². The first-order valence-electron chi connectivity index (χ1n) is 7.87. The van der Waals surface area contributed by atoms with E-state index in [1.807, 2.05) is 0 Å². The third-order valence-electron chi connectivity index (χ3n) is 4.10. The summed E-state index contributed by atoms with van der Waals surface area (Å²) in [6.45, 7) is 1.23. The van der Waals surface area contributed by atoms with Crippen LogP contribution in [0.15, 0.2) is 53.6 Å². The van der Waals surface area contributed by atoms with Crippen LogP contribution in [0.1, 0.15) is 10.4 Å². The van der Waals surface area contributed by atoms with Crippen LogP contribution in [0, 0.1) is 0 Å². The highest BCUT2D eigenvalue weighted by Crippen LogP contribution is 2.18. The molecule has 1 aliphatic rings. The zero-order chi connectivity index (χ0) is 17.9. The molecule has 25 heavy (non-hydrogen) atoms.